The predicted octanol–water partition coefficient (Wildman–Crippen LogP) is 6.54. The molecule has 184 valence electrons. The molecule has 0 fully saturated rings. The number of nitrogens with zero attached hydrogens (tertiary/aromatic N) is 3. The SMILES string of the molecule is CN(CCF)c1ccc(-c2ccc(C#Cc3cc4cccnc4n3C(=O)OCC(C)(C)C)cc2)cc1. The first-order chi connectivity index (χ1) is 17.2. The molecule has 0 amide bonds. The number of carbonyl (C=O) groups is 1. The summed E-state index contributed by atoms with van der Waals surface area (Å²) in [4.78, 5) is 19.2. The zero-order chi connectivity index (χ0) is 25.7. The molecular formula is C30H30FN3O2. The highest BCUT2D eigenvalue weighted by Gasteiger charge is 2.19. The largest absolute Gasteiger partial charge is 0.448 e. The van der Waals surface area contributed by atoms with Crippen LogP contribution in [0.1, 0.15) is 32.0 Å². The summed E-state index contributed by atoms with van der Waals surface area (Å²) in [7, 11) is 1.88. The zero-order valence-electron chi connectivity index (χ0n) is 21.1. The van der Waals surface area contributed by atoms with E-state index in [0.29, 0.717) is 24.5 Å². The van der Waals surface area contributed by atoms with Gasteiger partial charge >= 0.3 is 6.09 Å². The fraction of sp³-hybridized carbons (Fsp3) is 0.267. The van der Waals surface area contributed by atoms with Gasteiger partial charge in [0.05, 0.1) is 6.61 Å². The van der Waals surface area contributed by atoms with E-state index in [1.807, 2.05) is 99.4 Å². The van der Waals surface area contributed by atoms with E-state index in [2.05, 4.69) is 16.8 Å². The number of halogens is 1. The predicted molar refractivity (Wildman–Crippen MR) is 143 cm³/mol. The van der Waals surface area contributed by atoms with Gasteiger partial charge in [-0.1, -0.05) is 51.0 Å². The maximum absolute atomic E-state index is 12.9. The number of rotatable bonds is 5. The maximum atomic E-state index is 12.9. The minimum Gasteiger partial charge on any atom is -0.448 e. The molecule has 6 heteroatoms. The number of carbonyl (C=O) groups excluding carboxylic acids is 1. The normalized spacial score (nSPS) is 11.1. The van der Waals surface area contributed by atoms with E-state index >= 15 is 0 Å². The molecule has 2 aromatic heterocycles. The molecule has 5 nitrogen and oxygen atoms in total. The van der Waals surface area contributed by atoms with Crippen molar-refractivity contribution >= 4 is 22.8 Å². The molecule has 0 saturated carbocycles. The lowest BCUT2D eigenvalue weighted by molar-refractivity contribution is 0.108. The van der Waals surface area contributed by atoms with Gasteiger partial charge in [-0.2, -0.15) is 0 Å². The minimum absolute atomic E-state index is 0.149. The van der Waals surface area contributed by atoms with Crippen molar-refractivity contribution in [2.24, 2.45) is 5.41 Å². The van der Waals surface area contributed by atoms with Crippen molar-refractivity contribution in [1.82, 2.24) is 9.55 Å². The van der Waals surface area contributed by atoms with Crippen LogP contribution in [0.15, 0.2) is 72.9 Å². The second-order valence-electron chi connectivity index (χ2n) is 9.88. The van der Waals surface area contributed by atoms with E-state index in [1.54, 1.807) is 6.20 Å². The Morgan fingerprint density at radius 3 is 2.33 bits per heavy atom. The van der Waals surface area contributed by atoms with Gasteiger partial charge in [0.1, 0.15) is 12.4 Å². The summed E-state index contributed by atoms with van der Waals surface area (Å²) in [6.45, 7) is 6.31. The van der Waals surface area contributed by atoms with E-state index in [-0.39, 0.29) is 12.1 Å². The Kier molecular flexibility index (Phi) is 7.40. The maximum Gasteiger partial charge on any atom is 0.420 e. The number of ether oxygens (including phenoxy) is 1. The summed E-state index contributed by atoms with van der Waals surface area (Å²) in [5.74, 6) is 6.28. The molecule has 0 atom stereocenters. The van der Waals surface area contributed by atoms with Crippen LogP contribution in [0.2, 0.25) is 0 Å². The molecule has 0 unspecified atom stereocenters. The molecule has 36 heavy (non-hydrogen) atoms. The number of benzene rings is 2. The summed E-state index contributed by atoms with van der Waals surface area (Å²) in [6, 6.07) is 21.5. The quantitative estimate of drug-likeness (QED) is 0.303. The van der Waals surface area contributed by atoms with Crippen LogP contribution in [0.3, 0.4) is 0 Å². The lowest BCUT2D eigenvalue weighted by atomic mass is 9.99. The first-order valence-electron chi connectivity index (χ1n) is 11.9. The number of hydrogen-bond donors (Lipinski definition) is 0. The molecule has 4 aromatic rings. The van der Waals surface area contributed by atoms with E-state index in [9.17, 15) is 9.18 Å². The van der Waals surface area contributed by atoms with Crippen molar-refractivity contribution < 1.29 is 13.9 Å². The van der Waals surface area contributed by atoms with Crippen LogP contribution in [0.25, 0.3) is 22.2 Å². The van der Waals surface area contributed by atoms with Crippen LogP contribution in [0.5, 0.6) is 0 Å². The highest BCUT2D eigenvalue weighted by Crippen LogP contribution is 2.24. The molecular weight excluding hydrogens is 453 g/mol. The third-order valence-electron chi connectivity index (χ3n) is 5.65. The highest BCUT2D eigenvalue weighted by atomic mass is 19.1. The summed E-state index contributed by atoms with van der Waals surface area (Å²) in [5.41, 5.74) is 4.83. The Balaban J connectivity index is 1.57. The summed E-state index contributed by atoms with van der Waals surface area (Å²) in [5, 5.41) is 0.825. The standard InChI is InChI=1S/C30H30FN3O2/c1-30(2,3)21-36-29(35)34-27(20-25-6-5-18-32-28(25)34)14-9-22-7-10-23(11-8-22)24-12-15-26(16-13-24)33(4)19-17-31/h5-8,10-13,15-16,18,20H,17,19,21H2,1-4H3. The van der Waals surface area contributed by atoms with Gasteiger partial charge in [0.2, 0.25) is 0 Å². The molecule has 0 radical (unpaired) electrons. The Bertz CT molecular complexity index is 1410. The van der Waals surface area contributed by atoms with E-state index < -0.39 is 6.09 Å². The Morgan fingerprint density at radius 1 is 1.03 bits per heavy atom. The molecule has 2 heterocycles. The lowest BCUT2D eigenvalue weighted by Crippen LogP contribution is -2.22. The number of alkyl halides is 1. The van der Waals surface area contributed by atoms with E-state index in [1.165, 1.54) is 4.57 Å². The number of fused-ring (bicyclic) bond motifs is 1. The van der Waals surface area contributed by atoms with Crippen molar-refractivity contribution in [3.05, 3.63) is 84.2 Å². The molecule has 0 N–H and O–H groups in total. The van der Waals surface area contributed by atoms with Gasteiger partial charge in [-0.15, -0.1) is 0 Å². The van der Waals surface area contributed by atoms with Crippen LogP contribution in [0.4, 0.5) is 14.9 Å². The highest BCUT2D eigenvalue weighted by molar-refractivity contribution is 5.89. The fourth-order valence-corrected chi connectivity index (χ4v) is 3.70. The van der Waals surface area contributed by atoms with Crippen LogP contribution in [0, 0.1) is 17.3 Å². The van der Waals surface area contributed by atoms with Crippen LogP contribution < -0.4 is 4.90 Å². The zero-order valence-corrected chi connectivity index (χ0v) is 21.1. The number of pyridine rings is 1. The molecule has 0 spiro atoms. The van der Waals surface area contributed by atoms with E-state index in [0.717, 1.165) is 27.8 Å². The average molecular weight is 484 g/mol. The third kappa shape index (κ3) is 5.92. The smallest absolute Gasteiger partial charge is 0.420 e. The van der Waals surface area contributed by atoms with Crippen molar-refractivity contribution in [2.75, 3.05) is 31.8 Å². The number of aromatic nitrogens is 2. The molecule has 2 aromatic carbocycles. The average Bonchev–Trinajstić information content (AvgIpc) is 3.25. The van der Waals surface area contributed by atoms with Crippen molar-refractivity contribution in [1.29, 1.82) is 0 Å². The number of anilines is 1. The molecule has 0 aliphatic heterocycles. The molecule has 0 aliphatic carbocycles. The van der Waals surface area contributed by atoms with Gasteiger partial charge in [-0.3, -0.25) is 0 Å². The Hall–Kier alpha value is -4.11. The Labute approximate surface area is 211 Å². The van der Waals surface area contributed by atoms with Gasteiger partial charge in [-0.25, -0.2) is 18.7 Å². The van der Waals surface area contributed by atoms with Crippen molar-refractivity contribution in [3.63, 3.8) is 0 Å². The van der Waals surface area contributed by atoms with Gasteiger partial charge in [0.15, 0.2) is 5.65 Å². The van der Waals surface area contributed by atoms with Gasteiger partial charge < -0.3 is 9.64 Å². The molecule has 0 bridgehead atoms. The van der Waals surface area contributed by atoms with Crippen LogP contribution in [-0.2, 0) is 4.74 Å². The van der Waals surface area contributed by atoms with Gasteiger partial charge in [0.25, 0.3) is 0 Å². The summed E-state index contributed by atoms with van der Waals surface area (Å²) >= 11 is 0. The van der Waals surface area contributed by atoms with Gasteiger partial charge in [-0.05, 0) is 64.9 Å². The molecule has 4 rings (SSSR count). The second kappa shape index (κ2) is 10.7. The second-order valence-corrected chi connectivity index (χ2v) is 9.88. The summed E-state index contributed by atoms with van der Waals surface area (Å²) < 4.78 is 19.6. The minimum atomic E-state index is -0.487. The van der Waals surface area contributed by atoms with E-state index in [4.69, 9.17) is 4.74 Å². The van der Waals surface area contributed by atoms with Crippen molar-refractivity contribution in [3.8, 4) is 23.0 Å². The lowest BCUT2D eigenvalue weighted by Gasteiger charge is -2.18. The topological polar surface area (TPSA) is 47.4 Å². The monoisotopic (exact) mass is 483 g/mol. The first-order valence-corrected chi connectivity index (χ1v) is 11.9. The first kappa shape index (κ1) is 25.0. The van der Waals surface area contributed by atoms with Crippen molar-refractivity contribution in [2.45, 2.75) is 20.8 Å². The number of hydrogen-bond acceptors (Lipinski definition) is 4. The Morgan fingerprint density at radius 2 is 1.69 bits per heavy atom. The van der Waals surface area contributed by atoms with Gasteiger partial charge in [0, 0.05) is 36.4 Å². The van der Waals surface area contributed by atoms with Crippen LogP contribution >= 0.6 is 0 Å². The van der Waals surface area contributed by atoms with Crippen LogP contribution in [-0.4, -0.2) is 42.5 Å². The molecule has 0 saturated heterocycles. The third-order valence-corrected chi connectivity index (χ3v) is 5.65. The fourth-order valence-electron chi connectivity index (χ4n) is 3.70. The summed E-state index contributed by atoms with van der Waals surface area (Å²) in [6.07, 6.45) is 1.16. The molecule has 0 aliphatic rings.